The van der Waals surface area contributed by atoms with E-state index in [0.717, 1.165) is 46.4 Å². The summed E-state index contributed by atoms with van der Waals surface area (Å²) in [6.07, 6.45) is 0. The maximum absolute atomic E-state index is 13.4. The Bertz CT molecular complexity index is 1360. The number of morpholine rings is 1. The average Bonchev–Trinajstić information content (AvgIpc) is 3.29. The van der Waals surface area contributed by atoms with Gasteiger partial charge in [-0.15, -0.1) is 5.10 Å². The molecular weight excluding hydrogens is 432 g/mol. The van der Waals surface area contributed by atoms with Crippen molar-refractivity contribution in [2.75, 3.05) is 33.4 Å². The van der Waals surface area contributed by atoms with Crippen LogP contribution >= 0.6 is 0 Å². The molecule has 34 heavy (non-hydrogen) atoms. The van der Waals surface area contributed by atoms with Gasteiger partial charge in [0.1, 0.15) is 18.8 Å². The number of hydrogen-bond donors (Lipinski definition) is 2. The number of nitrogens with one attached hydrogen (secondary N) is 2. The second-order valence-electron chi connectivity index (χ2n) is 8.85. The number of quaternary nitrogens is 1. The Labute approximate surface area is 197 Å². The molecule has 3 heterocycles. The number of rotatable bonds is 6. The number of benzene rings is 2. The first-order valence-electron chi connectivity index (χ1n) is 11.5. The molecule has 1 saturated heterocycles. The van der Waals surface area contributed by atoms with Crippen LogP contribution in [0.15, 0.2) is 47.3 Å². The van der Waals surface area contributed by atoms with Gasteiger partial charge >= 0.3 is 0 Å². The van der Waals surface area contributed by atoms with E-state index in [1.54, 1.807) is 11.8 Å². The van der Waals surface area contributed by atoms with E-state index in [0.29, 0.717) is 31.1 Å². The van der Waals surface area contributed by atoms with Crippen molar-refractivity contribution in [2.24, 2.45) is 0 Å². The van der Waals surface area contributed by atoms with Crippen molar-refractivity contribution in [1.29, 1.82) is 0 Å². The van der Waals surface area contributed by atoms with Crippen molar-refractivity contribution in [2.45, 2.75) is 26.4 Å². The van der Waals surface area contributed by atoms with E-state index in [9.17, 15) is 4.79 Å². The smallest absolute Gasteiger partial charge is 0.258 e. The van der Waals surface area contributed by atoms with Gasteiger partial charge in [0.25, 0.3) is 5.56 Å². The molecule has 0 spiro atoms. The minimum Gasteiger partial charge on any atom is -0.497 e. The Morgan fingerprint density at radius 1 is 1.15 bits per heavy atom. The third-order valence-electron chi connectivity index (χ3n) is 6.49. The summed E-state index contributed by atoms with van der Waals surface area (Å²) in [4.78, 5) is 17.7. The molecule has 2 N–H and O–H groups in total. The van der Waals surface area contributed by atoms with E-state index in [2.05, 4.69) is 39.6 Å². The Hall–Kier alpha value is -3.56. The van der Waals surface area contributed by atoms with Crippen LogP contribution in [0.4, 0.5) is 0 Å². The molecule has 2 aromatic carbocycles. The summed E-state index contributed by atoms with van der Waals surface area (Å²) in [5.74, 6) is 1.46. The molecule has 0 unspecified atom stereocenters. The summed E-state index contributed by atoms with van der Waals surface area (Å²) in [7, 11) is 1.65. The molecule has 0 bridgehead atoms. The van der Waals surface area contributed by atoms with E-state index < -0.39 is 0 Å². The molecule has 1 aliphatic heterocycles. The maximum Gasteiger partial charge on any atom is 0.258 e. The van der Waals surface area contributed by atoms with Crippen LogP contribution in [0.5, 0.6) is 5.75 Å². The molecule has 5 rings (SSSR count). The zero-order chi connectivity index (χ0) is 23.7. The van der Waals surface area contributed by atoms with Gasteiger partial charge in [0.2, 0.25) is 5.82 Å². The van der Waals surface area contributed by atoms with Gasteiger partial charge in [-0.1, -0.05) is 23.8 Å². The third kappa shape index (κ3) is 4.32. The van der Waals surface area contributed by atoms with Crippen LogP contribution in [0.25, 0.3) is 10.9 Å². The lowest BCUT2D eigenvalue weighted by atomic mass is 10.0. The molecule has 9 nitrogen and oxygen atoms in total. The lowest BCUT2D eigenvalue weighted by Crippen LogP contribution is -3.14. The number of H-pyrrole nitrogens is 1. The molecule has 0 saturated carbocycles. The molecule has 2 aromatic heterocycles. The van der Waals surface area contributed by atoms with Crippen LogP contribution in [-0.4, -0.2) is 58.6 Å². The number of nitrogens with zero attached hydrogens (tertiary/aromatic N) is 4. The zero-order valence-corrected chi connectivity index (χ0v) is 19.7. The highest BCUT2D eigenvalue weighted by Gasteiger charge is 2.35. The normalized spacial score (nSPS) is 15.5. The predicted molar refractivity (Wildman–Crippen MR) is 127 cm³/mol. The van der Waals surface area contributed by atoms with Crippen molar-refractivity contribution in [3.05, 3.63) is 80.9 Å². The second-order valence-corrected chi connectivity index (χ2v) is 8.85. The van der Waals surface area contributed by atoms with E-state index in [1.165, 1.54) is 4.90 Å². The Morgan fingerprint density at radius 3 is 2.65 bits per heavy atom. The third-order valence-corrected chi connectivity index (χ3v) is 6.49. The second kappa shape index (κ2) is 9.36. The quantitative estimate of drug-likeness (QED) is 0.448. The summed E-state index contributed by atoms with van der Waals surface area (Å²) >= 11 is 0. The number of methoxy groups -OCH3 is 1. The van der Waals surface area contributed by atoms with Crippen molar-refractivity contribution in [3.8, 4) is 5.75 Å². The maximum atomic E-state index is 13.4. The molecule has 0 amide bonds. The van der Waals surface area contributed by atoms with Crippen molar-refractivity contribution in [3.63, 3.8) is 0 Å². The van der Waals surface area contributed by atoms with Gasteiger partial charge < -0.3 is 19.4 Å². The molecule has 1 fully saturated rings. The summed E-state index contributed by atoms with van der Waals surface area (Å²) in [5, 5.41) is 13.7. The van der Waals surface area contributed by atoms with Crippen LogP contribution < -0.4 is 15.2 Å². The van der Waals surface area contributed by atoms with Crippen molar-refractivity contribution >= 4 is 10.9 Å². The van der Waals surface area contributed by atoms with Gasteiger partial charge in [-0.2, -0.15) is 0 Å². The molecule has 4 aromatic rings. The Kier molecular flexibility index (Phi) is 6.12. The minimum atomic E-state index is -0.314. The van der Waals surface area contributed by atoms with Gasteiger partial charge in [-0.05, 0) is 65.1 Å². The number of pyridine rings is 1. The summed E-state index contributed by atoms with van der Waals surface area (Å²) in [6, 6.07) is 13.7. The first kappa shape index (κ1) is 22.2. The predicted octanol–water partition coefficient (Wildman–Crippen LogP) is 1.19. The number of hydrogen-bond acceptors (Lipinski definition) is 6. The number of aryl methyl sites for hydroxylation is 2. The molecule has 176 valence electrons. The van der Waals surface area contributed by atoms with Crippen LogP contribution in [-0.2, 0) is 11.3 Å². The summed E-state index contributed by atoms with van der Waals surface area (Å²) < 4.78 is 12.7. The van der Waals surface area contributed by atoms with Gasteiger partial charge in [-0.3, -0.25) is 4.79 Å². The monoisotopic (exact) mass is 461 g/mol. The average molecular weight is 462 g/mol. The van der Waals surface area contributed by atoms with Crippen LogP contribution in [0.2, 0.25) is 0 Å². The topological polar surface area (TPSA) is 99.4 Å². The first-order valence-corrected chi connectivity index (χ1v) is 11.5. The Balaban J connectivity index is 1.60. The lowest BCUT2D eigenvalue weighted by molar-refractivity contribution is -0.933. The van der Waals surface area contributed by atoms with E-state index >= 15 is 0 Å². The number of tetrazole rings is 1. The fraction of sp³-hybridized carbons (Fsp3) is 0.360. The SMILES string of the molecule is COc1ccc(Cn2nnnc2[C@@H](c2cc3cc(C)cc(C)c3[nH]c2=O)[NH+]2CCOCC2)cc1. The Morgan fingerprint density at radius 2 is 1.91 bits per heavy atom. The number of aromatic amines is 1. The summed E-state index contributed by atoms with van der Waals surface area (Å²) in [5.41, 5.74) is 4.68. The highest BCUT2D eigenvalue weighted by atomic mass is 16.5. The highest BCUT2D eigenvalue weighted by Crippen LogP contribution is 2.22. The first-order chi connectivity index (χ1) is 16.5. The van der Waals surface area contributed by atoms with Crippen molar-refractivity contribution in [1.82, 2.24) is 25.2 Å². The number of ether oxygens (including phenoxy) is 2. The molecule has 1 aliphatic rings. The van der Waals surface area contributed by atoms with Gasteiger partial charge in [0, 0.05) is 0 Å². The van der Waals surface area contributed by atoms with E-state index in [-0.39, 0.29) is 11.6 Å². The zero-order valence-electron chi connectivity index (χ0n) is 19.7. The summed E-state index contributed by atoms with van der Waals surface area (Å²) in [6.45, 7) is 7.39. The highest BCUT2D eigenvalue weighted by molar-refractivity contribution is 5.83. The van der Waals surface area contributed by atoms with E-state index in [1.807, 2.05) is 37.3 Å². The van der Waals surface area contributed by atoms with Crippen LogP contribution in [0.3, 0.4) is 0 Å². The molecule has 1 atom stereocenters. The molecular formula is C25H29N6O3+. The van der Waals surface area contributed by atoms with Crippen molar-refractivity contribution < 1.29 is 14.4 Å². The van der Waals surface area contributed by atoms with Gasteiger partial charge in [-0.25, -0.2) is 4.68 Å². The lowest BCUT2D eigenvalue weighted by Gasteiger charge is -2.30. The number of fused-ring (bicyclic) bond motifs is 1. The molecule has 0 aliphatic carbocycles. The fourth-order valence-electron chi connectivity index (χ4n) is 4.82. The number of aromatic nitrogens is 5. The largest absolute Gasteiger partial charge is 0.497 e. The molecule has 0 radical (unpaired) electrons. The fourth-order valence-corrected chi connectivity index (χ4v) is 4.82. The van der Waals surface area contributed by atoms with Crippen LogP contribution in [0, 0.1) is 13.8 Å². The standard InChI is InChI=1S/C25H28N6O3/c1-16-12-17(2)22-19(13-16)14-21(25(32)26-22)23(30-8-10-34-11-9-30)24-27-28-29-31(24)15-18-4-6-20(33-3)7-5-18/h4-7,12-14,23H,8-11,15H2,1-3H3,(H,26,32)/p+1/t23-/m1/s1. The van der Waals surface area contributed by atoms with Gasteiger partial charge in [0.15, 0.2) is 6.04 Å². The molecule has 9 heteroatoms. The van der Waals surface area contributed by atoms with E-state index in [4.69, 9.17) is 9.47 Å². The minimum absolute atomic E-state index is 0.109. The van der Waals surface area contributed by atoms with Gasteiger partial charge in [0.05, 0.1) is 37.9 Å². The van der Waals surface area contributed by atoms with Crippen LogP contribution in [0.1, 0.15) is 34.1 Å².